The van der Waals surface area contributed by atoms with Crippen molar-refractivity contribution in [3.8, 4) is 0 Å². The molecule has 0 rings (SSSR count). The first-order chi connectivity index (χ1) is 4.83. The van der Waals surface area contributed by atoms with Gasteiger partial charge in [0.25, 0.3) is 0 Å². The zero-order chi connectivity index (χ0) is 9.07. The molecular formula is C5H10F3N3. The van der Waals surface area contributed by atoms with Gasteiger partial charge in [0.2, 0.25) is 0 Å². The SMILES string of the molecule is CN(CCC(F)(F)F)C(=N)N. The summed E-state index contributed by atoms with van der Waals surface area (Å²) in [6.45, 7) is -0.265. The lowest BCUT2D eigenvalue weighted by molar-refractivity contribution is -0.135. The molecule has 0 heterocycles. The molecule has 0 aliphatic carbocycles. The van der Waals surface area contributed by atoms with Gasteiger partial charge in [-0.3, -0.25) is 5.41 Å². The summed E-state index contributed by atoms with van der Waals surface area (Å²) < 4.78 is 34.6. The molecule has 0 saturated carbocycles. The van der Waals surface area contributed by atoms with Crippen molar-refractivity contribution >= 4 is 5.96 Å². The molecule has 0 aromatic rings. The molecule has 0 aliphatic rings. The number of nitrogens with one attached hydrogen (secondary N) is 1. The van der Waals surface area contributed by atoms with Gasteiger partial charge in [-0.1, -0.05) is 0 Å². The number of hydrogen-bond donors (Lipinski definition) is 2. The topological polar surface area (TPSA) is 53.1 Å². The Kier molecular flexibility index (Phi) is 3.16. The van der Waals surface area contributed by atoms with E-state index in [4.69, 9.17) is 11.1 Å². The molecule has 0 unspecified atom stereocenters. The van der Waals surface area contributed by atoms with Crippen LogP contribution < -0.4 is 5.73 Å². The number of guanidine groups is 1. The quantitative estimate of drug-likeness (QED) is 0.473. The Morgan fingerprint density at radius 2 is 2.00 bits per heavy atom. The number of halogens is 3. The third-order valence-electron chi connectivity index (χ3n) is 1.14. The van der Waals surface area contributed by atoms with E-state index in [0.717, 1.165) is 4.90 Å². The summed E-state index contributed by atoms with van der Waals surface area (Å²) in [4.78, 5) is 1.04. The predicted molar refractivity (Wildman–Crippen MR) is 35.2 cm³/mol. The van der Waals surface area contributed by atoms with Gasteiger partial charge in [-0.15, -0.1) is 0 Å². The van der Waals surface area contributed by atoms with Gasteiger partial charge in [-0.25, -0.2) is 0 Å². The predicted octanol–water partition coefficient (Wildman–Crippen LogP) is 0.764. The fraction of sp³-hybridized carbons (Fsp3) is 0.800. The van der Waals surface area contributed by atoms with E-state index in [-0.39, 0.29) is 12.5 Å². The maximum Gasteiger partial charge on any atom is 0.390 e. The molecule has 0 fully saturated rings. The Balaban J connectivity index is 3.63. The molecule has 0 aromatic carbocycles. The largest absolute Gasteiger partial charge is 0.390 e. The van der Waals surface area contributed by atoms with E-state index >= 15 is 0 Å². The second-order valence-corrected chi connectivity index (χ2v) is 2.17. The van der Waals surface area contributed by atoms with Crippen LogP contribution in [0.3, 0.4) is 0 Å². The van der Waals surface area contributed by atoms with Crippen molar-refractivity contribution in [2.45, 2.75) is 12.6 Å². The number of hydrogen-bond acceptors (Lipinski definition) is 1. The van der Waals surface area contributed by atoms with Crippen molar-refractivity contribution in [1.82, 2.24) is 4.90 Å². The number of alkyl halides is 3. The summed E-state index contributed by atoms with van der Waals surface area (Å²) in [6.07, 6.45) is -5.12. The molecular weight excluding hydrogens is 159 g/mol. The van der Waals surface area contributed by atoms with Crippen LogP contribution in [0.15, 0.2) is 0 Å². The molecule has 0 atom stereocenters. The van der Waals surface area contributed by atoms with Gasteiger partial charge in [-0.05, 0) is 0 Å². The second kappa shape index (κ2) is 3.45. The van der Waals surface area contributed by atoms with Crippen molar-refractivity contribution in [1.29, 1.82) is 5.41 Å². The molecule has 3 N–H and O–H groups in total. The van der Waals surface area contributed by atoms with E-state index in [1.54, 1.807) is 0 Å². The molecule has 0 spiro atoms. The summed E-state index contributed by atoms with van der Waals surface area (Å²) in [6, 6.07) is 0. The number of nitrogens with zero attached hydrogens (tertiary/aromatic N) is 1. The highest BCUT2D eigenvalue weighted by molar-refractivity contribution is 5.74. The lowest BCUT2D eigenvalue weighted by Crippen LogP contribution is -2.35. The smallest absolute Gasteiger partial charge is 0.370 e. The van der Waals surface area contributed by atoms with Crippen LogP contribution in [0.4, 0.5) is 13.2 Å². The monoisotopic (exact) mass is 169 g/mol. The minimum Gasteiger partial charge on any atom is -0.370 e. The van der Waals surface area contributed by atoms with E-state index in [2.05, 4.69) is 0 Å². The first-order valence-corrected chi connectivity index (χ1v) is 2.95. The van der Waals surface area contributed by atoms with E-state index in [1.165, 1.54) is 7.05 Å². The molecule has 66 valence electrons. The van der Waals surface area contributed by atoms with Gasteiger partial charge >= 0.3 is 6.18 Å². The van der Waals surface area contributed by atoms with Crippen LogP contribution in [0.5, 0.6) is 0 Å². The maximum atomic E-state index is 11.5. The van der Waals surface area contributed by atoms with Crippen LogP contribution in [0.2, 0.25) is 0 Å². The molecule has 0 saturated heterocycles. The lowest BCUT2D eigenvalue weighted by atomic mass is 10.4. The first-order valence-electron chi connectivity index (χ1n) is 2.95. The van der Waals surface area contributed by atoms with Crippen LogP contribution in [-0.4, -0.2) is 30.6 Å². The van der Waals surface area contributed by atoms with Crippen molar-refractivity contribution in [2.75, 3.05) is 13.6 Å². The molecule has 6 heteroatoms. The lowest BCUT2D eigenvalue weighted by Gasteiger charge is -2.16. The van der Waals surface area contributed by atoms with E-state index < -0.39 is 12.6 Å². The molecule has 0 aliphatic heterocycles. The summed E-state index contributed by atoms with van der Waals surface area (Å²) in [7, 11) is 1.34. The van der Waals surface area contributed by atoms with Crippen molar-refractivity contribution in [2.24, 2.45) is 5.73 Å². The van der Waals surface area contributed by atoms with Gasteiger partial charge in [0.1, 0.15) is 0 Å². The maximum absolute atomic E-state index is 11.5. The number of rotatable bonds is 2. The van der Waals surface area contributed by atoms with Crippen LogP contribution in [-0.2, 0) is 0 Å². The fourth-order valence-electron chi connectivity index (χ4n) is 0.415. The zero-order valence-corrected chi connectivity index (χ0v) is 6.07. The van der Waals surface area contributed by atoms with Crippen LogP contribution in [0.25, 0.3) is 0 Å². The average molecular weight is 169 g/mol. The highest BCUT2D eigenvalue weighted by atomic mass is 19.4. The average Bonchev–Trinajstić information content (AvgIpc) is 1.80. The van der Waals surface area contributed by atoms with Crippen LogP contribution >= 0.6 is 0 Å². The summed E-state index contributed by atoms with van der Waals surface area (Å²) in [5.74, 6) is -0.353. The van der Waals surface area contributed by atoms with Gasteiger partial charge in [0.15, 0.2) is 5.96 Å². The highest BCUT2D eigenvalue weighted by Crippen LogP contribution is 2.19. The second-order valence-electron chi connectivity index (χ2n) is 2.17. The standard InChI is InChI=1S/C5H10F3N3/c1-11(4(9)10)3-2-5(6,7)8/h2-3H2,1H3,(H3,9,10). The molecule has 0 aromatic heterocycles. The van der Waals surface area contributed by atoms with Gasteiger partial charge in [-0.2, -0.15) is 13.2 Å². The Labute approximate surface area is 62.5 Å². The Hall–Kier alpha value is -0.940. The van der Waals surface area contributed by atoms with E-state index in [1.807, 2.05) is 0 Å². The highest BCUT2D eigenvalue weighted by Gasteiger charge is 2.27. The molecule has 0 bridgehead atoms. The summed E-state index contributed by atoms with van der Waals surface area (Å²) >= 11 is 0. The summed E-state index contributed by atoms with van der Waals surface area (Å²) in [5, 5.41) is 6.74. The van der Waals surface area contributed by atoms with Crippen molar-refractivity contribution in [3.05, 3.63) is 0 Å². The first kappa shape index (κ1) is 10.1. The van der Waals surface area contributed by atoms with Crippen LogP contribution in [0, 0.1) is 5.41 Å². The molecule has 0 radical (unpaired) electrons. The van der Waals surface area contributed by atoms with Crippen LogP contribution in [0.1, 0.15) is 6.42 Å². The Bertz CT molecular complexity index is 142. The third-order valence-corrected chi connectivity index (χ3v) is 1.14. The Morgan fingerprint density at radius 3 is 2.27 bits per heavy atom. The third kappa shape index (κ3) is 5.50. The normalized spacial score (nSPS) is 11.3. The molecule has 11 heavy (non-hydrogen) atoms. The van der Waals surface area contributed by atoms with Gasteiger partial charge < -0.3 is 10.6 Å². The fourth-order valence-corrected chi connectivity index (χ4v) is 0.415. The molecule has 3 nitrogen and oxygen atoms in total. The zero-order valence-electron chi connectivity index (χ0n) is 6.07. The van der Waals surface area contributed by atoms with Crippen molar-refractivity contribution in [3.63, 3.8) is 0 Å². The van der Waals surface area contributed by atoms with Gasteiger partial charge in [0, 0.05) is 13.6 Å². The molecule has 0 amide bonds. The minimum atomic E-state index is -4.18. The van der Waals surface area contributed by atoms with Gasteiger partial charge in [0.05, 0.1) is 6.42 Å². The van der Waals surface area contributed by atoms with E-state index in [9.17, 15) is 13.2 Å². The number of nitrogens with two attached hydrogens (primary N) is 1. The minimum absolute atomic E-state index is 0.265. The summed E-state index contributed by atoms with van der Waals surface area (Å²) in [5.41, 5.74) is 4.91. The van der Waals surface area contributed by atoms with E-state index in [0.29, 0.717) is 0 Å². The Morgan fingerprint density at radius 1 is 1.55 bits per heavy atom. The van der Waals surface area contributed by atoms with Crippen molar-refractivity contribution < 1.29 is 13.2 Å².